The zero-order valence-corrected chi connectivity index (χ0v) is 18.2. The average molecular weight is 434 g/mol. The molecule has 8 nitrogen and oxygen atoms in total. The van der Waals surface area contributed by atoms with Crippen LogP contribution in [0.4, 0.5) is 16.2 Å². The molecule has 1 heterocycles. The third-order valence-corrected chi connectivity index (χ3v) is 5.83. The zero-order chi connectivity index (χ0) is 22.6. The number of nitrogens with zero attached hydrogens (tertiary/aromatic N) is 2. The monoisotopic (exact) mass is 434 g/mol. The highest BCUT2D eigenvalue weighted by molar-refractivity contribution is 5.99. The van der Waals surface area contributed by atoms with E-state index >= 15 is 0 Å². The highest BCUT2D eigenvalue weighted by atomic mass is 16.5. The number of hydrogen-bond acceptors (Lipinski definition) is 6. The average Bonchev–Trinajstić information content (AvgIpc) is 3.32. The summed E-state index contributed by atoms with van der Waals surface area (Å²) in [6.45, 7) is 1.99. The van der Waals surface area contributed by atoms with Gasteiger partial charge in [-0.25, -0.2) is 4.79 Å². The number of aromatic nitrogens is 2. The lowest BCUT2D eigenvalue weighted by molar-refractivity contribution is -0.150. The van der Waals surface area contributed by atoms with Gasteiger partial charge in [0.15, 0.2) is 0 Å². The Hall–Kier alpha value is -3.68. The Morgan fingerprint density at radius 1 is 0.938 bits per heavy atom. The minimum atomic E-state index is -0.867. The molecule has 2 amide bonds. The Bertz CT molecular complexity index is 1080. The van der Waals surface area contributed by atoms with E-state index < -0.39 is 5.41 Å². The minimum Gasteiger partial charge on any atom is -0.468 e. The second-order valence-corrected chi connectivity index (χ2v) is 8.08. The molecule has 0 saturated heterocycles. The summed E-state index contributed by atoms with van der Waals surface area (Å²) in [6.07, 6.45) is 4.18. The van der Waals surface area contributed by atoms with Crippen molar-refractivity contribution in [2.45, 2.75) is 44.4 Å². The molecule has 8 heteroatoms. The van der Waals surface area contributed by atoms with Crippen molar-refractivity contribution in [3.8, 4) is 11.4 Å². The van der Waals surface area contributed by atoms with Crippen LogP contribution in [-0.4, -0.2) is 29.3 Å². The van der Waals surface area contributed by atoms with Crippen LogP contribution in [0.15, 0.2) is 53.1 Å². The number of ether oxygens (including phenoxy) is 1. The van der Waals surface area contributed by atoms with Crippen molar-refractivity contribution in [3.05, 3.63) is 60.0 Å². The Labute approximate surface area is 186 Å². The number of hydrogen-bond donors (Lipinski definition) is 2. The Morgan fingerprint density at radius 3 is 2.12 bits per heavy atom. The number of urea groups is 1. The van der Waals surface area contributed by atoms with Crippen molar-refractivity contribution >= 4 is 23.4 Å². The Balaban J connectivity index is 1.45. The smallest absolute Gasteiger partial charge is 0.323 e. The van der Waals surface area contributed by atoms with Gasteiger partial charge in [0, 0.05) is 16.9 Å². The minimum absolute atomic E-state index is 0.304. The summed E-state index contributed by atoms with van der Waals surface area (Å²) in [5.41, 5.74) is 2.32. The van der Waals surface area contributed by atoms with Crippen molar-refractivity contribution in [1.29, 1.82) is 0 Å². The normalized spacial score (nSPS) is 15.1. The van der Waals surface area contributed by atoms with Crippen molar-refractivity contribution in [1.82, 2.24) is 10.1 Å². The summed E-state index contributed by atoms with van der Waals surface area (Å²) in [6, 6.07) is 14.3. The number of methoxy groups -OCH3 is 1. The number of anilines is 2. The van der Waals surface area contributed by atoms with E-state index in [-0.39, 0.29) is 12.0 Å². The molecule has 1 fully saturated rings. The third kappa shape index (κ3) is 4.49. The highest BCUT2D eigenvalue weighted by Gasteiger charge is 2.47. The van der Waals surface area contributed by atoms with Crippen molar-refractivity contribution < 1.29 is 18.8 Å². The van der Waals surface area contributed by atoms with Crippen molar-refractivity contribution in [3.63, 3.8) is 0 Å². The summed E-state index contributed by atoms with van der Waals surface area (Å²) in [4.78, 5) is 29.3. The van der Waals surface area contributed by atoms with Crippen molar-refractivity contribution in [2.24, 2.45) is 0 Å². The van der Waals surface area contributed by atoms with Gasteiger partial charge < -0.3 is 19.9 Å². The number of carbonyl (C=O) groups excluding carboxylic acids is 2. The fourth-order valence-corrected chi connectivity index (χ4v) is 4.02. The molecule has 2 aromatic carbocycles. The lowest BCUT2D eigenvalue weighted by atomic mass is 9.74. The standard InChI is InChI=1S/C24H26N4O4/c1-16-6-10-18(11-7-16)25-23(30)26-19-12-8-17(9-13-19)20-27-21(32-28-20)24(22(29)31-2)14-4-3-5-15-24/h6-13H,3-5,14-15H2,1-2H3,(H2,25,26,30). The van der Waals surface area contributed by atoms with E-state index in [4.69, 9.17) is 9.26 Å². The van der Waals surface area contributed by atoms with Gasteiger partial charge in [-0.3, -0.25) is 4.79 Å². The van der Waals surface area contributed by atoms with Crippen LogP contribution in [0.2, 0.25) is 0 Å². The summed E-state index contributed by atoms with van der Waals surface area (Å²) in [5.74, 6) is 0.370. The molecule has 2 N–H and O–H groups in total. The van der Waals surface area contributed by atoms with Gasteiger partial charge in [0.1, 0.15) is 5.41 Å². The van der Waals surface area contributed by atoms with Gasteiger partial charge >= 0.3 is 12.0 Å². The molecule has 0 bridgehead atoms. The van der Waals surface area contributed by atoms with Crippen LogP contribution >= 0.6 is 0 Å². The number of rotatable bonds is 5. The number of aryl methyl sites for hydroxylation is 1. The predicted octanol–water partition coefficient (Wildman–Crippen LogP) is 5.06. The first-order valence-corrected chi connectivity index (χ1v) is 10.7. The fraction of sp³-hybridized carbons (Fsp3) is 0.333. The topological polar surface area (TPSA) is 106 Å². The van der Waals surface area contributed by atoms with Crippen LogP contribution in [0.5, 0.6) is 0 Å². The van der Waals surface area contributed by atoms with Crippen LogP contribution in [0.25, 0.3) is 11.4 Å². The molecule has 4 rings (SSSR count). The molecule has 1 aromatic heterocycles. The first-order chi connectivity index (χ1) is 15.5. The van der Waals surface area contributed by atoms with E-state index in [2.05, 4.69) is 20.8 Å². The van der Waals surface area contributed by atoms with Crippen LogP contribution in [0.3, 0.4) is 0 Å². The van der Waals surface area contributed by atoms with Gasteiger partial charge in [-0.2, -0.15) is 4.98 Å². The maximum atomic E-state index is 12.5. The molecule has 3 aromatic rings. The highest BCUT2D eigenvalue weighted by Crippen LogP contribution is 2.40. The molecule has 1 saturated carbocycles. The molecule has 32 heavy (non-hydrogen) atoms. The SMILES string of the molecule is COC(=O)C1(c2nc(-c3ccc(NC(=O)Nc4ccc(C)cc4)cc3)no2)CCCCC1. The van der Waals surface area contributed by atoms with E-state index in [1.807, 2.05) is 31.2 Å². The molecule has 166 valence electrons. The molecule has 1 aliphatic rings. The maximum Gasteiger partial charge on any atom is 0.323 e. The largest absolute Gasteiger partial charge is 0.468 e. The molecule has 0 spiro atoms. The summed E-state index contributed by atoms with van der Waals surface area (Å²) in [7, 11) is 1.39. The van der Waals surface area contributed by atoms with E-state index in [1.54, 1.807) is 24.3 Å². The third-order valence-electron chi connectivity index (χ3n) is 5.83. The lowest BCUT2D eigenvalue weighted by Crippen LogP contribution is -2.39. The van der Waals surface area contributed by atoms with Gasteiger partial charge in [-0.15, -0.1) is 0 Å². The second-order valence-electron chi connectivity index (χ2n) is 8.08. The maximum absolute atomic E-state index is 12.5. The van der Waals surface area contributed by atoms with Crippen molar-refractivity contribution in [2.75, 3.05) is 17.7 Å². The molecule has 0 radical (unpaired) electrons. The van der Waals surface area contributed by atoms with Gasteiger partial charge in [0.2, 0.25) is 11.7 Å². The van der Waals surface area contributed by atoms with Gasteiger partial charge in [-0.05, 0) is 56.2 Å². The van der Waals surface area contributed by atoms with Gasteiger partial charge in [-0.1, -0.05) is 42.1 Å². The molecular weight excluding hydrogens is 408 g/mol. The van der Waals surface area contributed by atoms with E-state index in [9.17, 15) is 9.59 Å². The van der Waals surface area contributed by atoms with E-state index in [1.165, 1.54) is 7.11 Å². The zero-order valence-electron chi connectivity index (χ0n) is 18.2. The number of benzene rings is 2. The molecule has 1 aliphatic carbocycles. The van der Waals surface area contributed by atoms with Crippen LogP contribution < -0.4 is 10.6 Å². The molecule has 0 aliphatic heterocycles. The summed E-state index contributed by atoms with van der Waals surface area (Å²) < 4.78 is 10.6. The lowest BCUT2D eigenvalue weighted by Gasteiger charge is -2.30. The molecular formula is C24H26N4O4. The Morgan fingerprint density at radius 2 is 1.53 bits per heavy atom. The molecule has 0 atom stereocenters. The number of carbonyl (C=O) groups is 2. The number of amides is 2. The van der Waals surface area contributed by atoms with E-state index in [0.717, 1.165) is 30.4 Å². The second kappa shape index (κ2) is 9.21. The number of esters is 1. The number of nitrogens with one attached hydrogen (secondary N) is 2. The van der Waals surface area contributed by atoms with Crippen LogP contribution in [0, 0.1) is 6.92 Å². The quantitative estimate of drug-likeness (QED) is 0.544. The van der Waals surface area contributed by atoms with Gasteiger partial charge in [0.05, 0.1) is 7.11 Å². The Kier molecular flexibility index (Phi) is 6.20. The molecule has 0 unspecified atom stereocenters. The fourth-order valence-electron chi connectivity index (χ4n) is 4.02. The first kappa shape index (κ1) is 21.5. The van der Waals surface area contributed by atoms with E-state index in [0.29, 0.717) is 35.9 Å². The first-order valence-electron chi connectivity index (χ1n) is 10.7. The van der Waals surface area contributed by atoms with Crippen LogP contribution in [-0.2, 0) is 14.9 Å². The van der Waals surface area contributed by atoms with Gasteiger partial charge in [0.25, 0.3) is 0 Å². The predicted molar refractivity (Wildman–Crippen MR) is 120 cm³/mol. The summed E-state index contributed by atoms with van der Waals surface area (Å²) >= 11 is 0. The van der Waals surface area contributed by atoms with Crippen LogP contribution in [0.1, 0.15) is 43.6 Å². The summed E-state index contributed by atoms with van der Waals surface area (Å²) in [5, 5.41) is 9.67.